The van der Waals surface area contributed by atoms with Crippen molar-refractivity contribution < 1.29 is 8.42 Å². The van der Waals surface area contributed by atoms with Crippen molar-refractivity contribution in [3.8, 4) is 0 Å². The molecule has 1 heterocycles. The molecule has 1 saturated heterocycles. The third-order valence-corrected chi connectivity index (χ3v) is 5.78. The summed E-state index contributed by atoms with van der Waals surface area (Å²) in [5.74, 6) is 0.861. The maximum absolute atomic E-state index is 11.7. The second kappa shape index (κ2) is 6.59. The van der Waals surface area contributed by atoms with Gasteiger partial charge in [-0.05, 0) is 63.2 Å². The Bertz CT molecular complexity index is 517. The molecule has 4 nitrogen and oxygen atoms in total. The Morgan fingerprint density at radius 1 is 1.20 bits per heavy atom. The van der Waals surface area contributed by atoms with Crippen LogP contribution in [0.5, 0.6) is 0 Å². The summed E-state index contributed by atoms with van der Waals surface area (Å²) >= 11 is 0. The van der Waals surface area contributed by atoms with Gasteiger partial charge in [0.15, 0.2) is 9.84 Å². The molecule has 0 spiro atoms. The van der Waals surface area contributed by atoms with Crippen LogP contribution in [-0.2, 0) is 9.84 Å². The Morgan fingerprint density at radius 3 is 2.35 bits per heavy atom. The molecular formula is C15H24N2O2S. The summed E-state index contributed by atoms with van der Waals surface area (Å²) in [6.07, 6.45) is 2.46. The number of sulfone groups is 1. The second-order valence-corrected chi connectivity index (χ2v) is 7.83. The summed E-state index contributed by atoms with van der Waals surface area (Å²) in [4.78, 5) is 2.77. The minimum Gasteiger partial charge on any atom is -0.385 e. The standard InChI is InChI=1S/C15H24N2O2S/c1-3-20(18,19)15-6-4-14(5-7-15)16-12-13-8-10-17(2)11-9-13/h4-7,13,16H,3,8-12H2,1-2H3. The number of nitrogens with zero attached hydrogens (tertiary/aromatic N) is 1. The molecule has 0 amide bonds. The van der Waals surface area contributed by atoms with E-state index in [1.165, 1.54) is 25.9 Å². The smallest absolute Gasteiger partial charge is 0.178 e. The summed E-state index contributed by atoms with van der Waals surface area (Å²) in [5, 5.41) is 3.41. The van der Waals surface area contributed by atoms with Crippen LogP contribution in [0.25, 0.3) is 0 Å². The first-order chi connectivity index (χ1) is 9.51. The molecule has 0 saturated carbocycles. The average molecular weight is 296 g/mol. The van der Waals surface area contributed by atoms with E-state index < -0.39 is 9.84 Å². The molecule has 1 fully saturated rings. The Kier molecular flexibility index (Phi) is 5.05. The highest BCUT2D eigenvalue weighted by atomic mass is 32.2. The van der Waals surface area contributed by atoms with Crippen molar-refractivity contribution in [1.82, 2.24) is 4.90 Å². The maximum Gasteiger partial charge on any atom is 0.178 e. The molecule has 1 aromatic rings. The van der Waals surface area contributed by atoms with Crippen LogP contribution in [0.1, 0.15) is 19.8 Å². The summed E-state index contributed by atoms with van der Waals surface area (Å²) in [5.41, 5.74) is 0.999. The summed E-state index contributed by atoms with van der Waals surface area (Å²) in [6.45, 7) is 4.97. The molecule has 0 radical (unpaired) electrons. The normalized spacial score (nSPS) is 18.1. The van der Waals surface area contributed by atoms with Crippen molar-refractivity contribution in [2.75, 3.05) is 37.8 Å². The highest BCUT2D eigenvalue weighted by Crippen LogP contribution is 2.19. The third-order valence-electron chi connectivity index (χ3n) is 4.03. The van der Waals surface area contributed by atoms with E-state index in [4.69, 9.17) is 0 Å². The fraction of sp³-hybridized carbons (Fsp3) is 0.600. The Hall–Kier alpha value is -1.07. The van der Waals surface area contributed by atoms with E-state index in [1.807, 2.05) is 12.1 Å². The number of piperidine rings is 1. The van der Waals surface area contributed by atoms with Crippen molar-refractivity contribution in [2.24, 2.45) is 5.92 Å². The molecule has 1 aromatic carbocycles. The van der Waals surface area contributed by atoms with Crippen molar-refractivity contribution in [3.63, 3.8) is 0 Å². The first kappa shape index (κ1) is 15.3. The van der Waals surface area contributed by atoms with Gasteiger partial charge in [-0.15, -0.1) is 0 Å². The van der Waals surface area contributed by atoms with Crippen molar-refractivity contribution in [2.45, 2.75) is 24.7 Å². The number of benzene rings is 1. The van der Waals surface area contributed by atoms with Crippen LogP contribution in [0, 0.1) is 5.92 Å². The largest absolute Gasteiger partial charge is 0.385 e. The molecule has 1 aliphatic rings. The van der Waals surface area contributed by atoms with Gasteiger partial charge in [0.2, 0.25) is 0 Å². The minimum atomic E-state index is -3.09. The van der Waals surface area contributed by atoms with Crippen LogP contribution in [0.4, 0.5) is 5.69 Å². The summed E-state index contributed by atoms with van der Waals surface area (Å²) in [7, 11) is -0.927. The molecule has 5 heteroatoms. The molecule has 2 rings (SSSR count). The van der Waals surface area contributed by atoms with Crippen molar-refractivity contribution >= 4 is 15.5 Å². The molecule has 112 valence electrons. The van der Waals surface area contributed by atoms with Gasteiger partial charge >= 0.3 is 0 Å². The van der Waals surface area contributed by atoms with Gasteiger partial charge in [0.1, 0.15) is 0 Å². The quantitative estimate of drug-likeness (QED) is 0.905. The third kappa shape index (κ3) is 3.96. The maximum atomic E-state index is 11.7. The van der Waals surface area contributed by atoms with E-state index in [1.54, 1.807) is 19.1 Å². The highest BCUT2D eigenvalue weighted by molar-refractivity contribution is 7.91. The van der Waals surface area contributed by atoms with Gasteiger partial charge in [-0.3, -0.25) is 0 Å². The molecule has 0 atom stereocenters. The van der Waals surface area contributed by atoms with Gasteiger partial charge in [0.05, 0.1) is 10.6 Å². The SMILES string of the molecule is CCS(=O)(=O)c1ccc(NCC2CCN(C)CC2)cc1. The van der Waals surface area contributed by atoms with E-state index in [0.29, 0.717) is 10.8 Å². The second-order valence-electron chi connectivity index (χ2n) is 5.56. The fourth-order valence-electron chi connectivity index (χ4n) is 2.48. The molecule has 0 aromatic heterocycles. The summed E-state index contributed by atoms with van der Waals surface area (Å²) in [6, 6.07) is 7.10. The van der Waals surface area contributed by atoms with Crippen molar-refractivity contribution in [1.29, 1.82) is 0 Å². The predicted octanol–water partition coefficient (Wildman–Crippen LogP) is 2.23. The molecule has 1 N–H and O–H groups in total. The molecule has 20 heavy (non-hydrogen) atoms. The zero-order valence-electron chi connectivity index (χ0n) is 12.3. The topological polar surface area (TPSA) is 49.4 Å². The van der Waals surface area contributed by atoms with E-state index in [-0.39, 0.29) is 5.75 Å². The lowest BCUT2D eigenvalue weighted by atomic mass is 9.97. The first-order valence-electron chi connectivity index (χ1n) is 7.26. The van der Waals surface area contributed by atoms with Gasteiger partial charge in [-0.2, -0.15) is 0 Å². The van der Waals surface area contributed by atoms with Gasteiger partial charge < -0.3 is 10.2 Å². The number of nitrogens with one attached hydrogen (secondary N) is 1. The zero-order chi connectivity index (χ0) is 14.6. The van der Waals surface area contributed by atoms with Gasteiger partial charge in [0, 0.05) is 12.2 Å². The molecule has 0 bridgehead atoms. The Morgan fingerprint density at radius 2 is 1.80 bits per heavy atom. The van der Waals surface area contributed by atoms with Crippen LogP contribution in [0.2, 0.25) is 0 Å². The zero-order valence-corrected chi connectivity index (χ0v) is 13.1. The monoisotopic (exact) mass is 296 g/mol. The number of likely N-dealkylation sites (tertiary alicyclic amines) is 1. The van der Waals surface area contributed by atoms with Crippen LogP contribution in [-0.4, -0.2) is 45.8 Å². The molecule has 0 aliphatic carbocycles. The van der Waals surface area contributed by atoms with Crippen LogP contribution in [0.15, 0.2) is 29.2 Å². The Balaban J connectivity index is 1.88. The van der Waals surface area contributed by atoms with Gasteiger partial charge in [-0.25, -0.2) is 8.42 Å². The predicted molar refractivity (Wildman–Crippen MR) is 82.9 cm³/mol. The van der Waals surface area contributed by atoms with Crippen molar-refractivity contribution in [3.05, 3.63) is 24.3 Å². The first-order valence-corrected chi connectivity index (χ1v) is 8.91. The number of hydrogen-bond donors (Lipinski definition) is 1. The molecule has 0 unspecified atom stereocenters. The minimum absolute atomic E-state index is 0.148. The number of rotatable bonds is 5. The van der Waals surface area contributed by atoms with Crippen LogP contribution >= 0.6 is 0 Å². The number of hydrogen-bond acceptors (Lipinski definition) is 4. The van der Waals surface area contributed by atoms with Crippen LogP contribution in [0.3, 0.4) is 0 Å². The lowest BCUT2D eigenvalue weighted by Gasteiger charge is -2.29. The summed E-state index contributed by atoms with van der Waals surface area (Å²) < 4.78 is 23.4. The molecular weight excluding hydrogens is 272 g/mol. The van der Waals surface area contributed by atoms with E-state index in [0.717, 1.165) is 12.2 Å². The van der Waals surface area contributed by atoms with Gasteiger partial charge in [0.25, 0.3) is 0 Å². The van der Waals surface area contributed by atoms with E-state index >= 15 is 0 Å². The lowest BCUT2D eigenvalue weighted by Crippen LogP contribution is -2.32. The van der Waals surface area contributed by atoms with E-state index in [2.05, 4.69) is 17.3 Å². The van der Waals surface area contributed by atoms with E-state index in [9.17, 15) is 8.42 Å². The fourth-order valence-corrected chi connectivity index (χ4v) is 3.36. The molecule has 1 aliphatic heterocycles. The number of anilines is 1. The Labute approximate surface area is 122 Å². The highest BCUT2D eigenvalue weighted by Gasteiger charge is 2.16. The van der Waals surface area contributed by atoms with Crippen LogP contribution < -0.4 is 5.32 Å². The van der Waals surface area contributed by atoms with Gasteiger partial charge in [-0.1, -0.05) is 6.92 Å². The lowest BCUT2D eigenvalue weighted by molar-refractivity contribution is 0.226. The average Bonchev–Trinajstić information content (AvgIpc) is 2.47.